The summed E-state index contributed by atoms with van der Waals surface area (Å²) in [5, 5.41) is 5.03. The number of aromatic amines is 1. The van der Waals surface area contributed by atoms with Crippen LogP contribution in [-0.2, 0) is 19.1 Å². The zero-order valence-electron chi connectivity index (χ0n) is 22.3. The minimum Gasteiger partial charge on any atom is -0.463 e. The average Bonchev–Trinajstić information content (AvgIpc) is 3.40. The van der Waals surface area contributed by atoms with Gasteiger partial charge >= 0.3 is 5.97 Å². The fourth-order valence-electron chi connectivity index (χ4n) is 3.27. The number of nitrogens with two attached hydrogens (primary N) is 1. The van der Waals surface area contributed by atoms with Gasteiger partial charge in [0.15, 0.2) is 0 Å². The number of primary amides is 1. The number of nitrogens with one attached hydrogen (secondary N) is 3. The van der Waals surface area contributed by atoms with Gasteiger partial charge in [-0.25, -0.2) is 4.79 Å². The van der Waals surface area contributed by atoms with Crippen LogP contribution in [0.2, 0.25) is 0 Å². The van der Waals surface area contributed by atoms with Crippen LogP contribution in [-0.4, -0.2) is 41.8 Å². The van der Waals surface area contributed by atoms with Gasteiger partial charge in [-0.2, -0.15) is 0 Å². The molecule has 0 aliphatic heterocycles. The fraction of sp³-hybridized carbons (Fsp3) is 0.200. The molecule has 204 valence electrons. The Morgan fingerprint density at radius 2 is 1.62 bits per heavy atom. The molecular formula is C30H34N4O5. The summed E-state index contributed by atoms with van der Waals surface area (Å²) in [6.07, 6.45) is 3.62. The van der Waals surface area contributed by atoms with Crippen molar-refractivity contribution in [2.75, 3.05) is 13.2 Å². The standard InChI is InChI=1S/C23H26N4O5.C7H8/c1-3-32-22(30)13-9-16(8-12-20(24)28)26-21(29)14-25-23(31)19-11-10-18(27-19)17-7-5-4-6-15(17)2;1-7-5-3-2-4-6-7/h4-11,13,27H,3,12,14H2,1-2H3,(H2,24,28)(H,25,31)(H,26,29);2-6H,1H3/b13-9+,16-8+;. The zero-order valence-corrected chi connectivity index (χ0v) is 22.3. The number of ether oxygens (including phenoxy) is 1. The molecule has 3 aromatic rings. The van der Waals surface area contributed by atoms with Crippen molar-refractivity contribution < 1.29 is 23.9 Å². The topological polar surface area (TPSA) is 143 Å². The molecule has 0 bridgehead atoms. The van der Waals surface area contributed by atoms with E-state index >= 15 is 0 Å². The van der Waals surface area contributed by atoms with E-state index in [4.69, 9.17) is 10.5 Å². The van der Waals surface area contributed by atoms with Crippen LogP contribution in [0.5, 0.6) is 0 Å². The molecule has 0 atom stereocenters. The van der Waals surface area contributed by atoms with Crippen molar-refractivity contribution >= 4 is 23.7 Å². The Balaban J connectivity index is 0.000000658. The van der Waals surface area contributed by atoms with E-state index in [-0.39, 0.29) is 25.3 Å². The van der Waals surface area contributed by atoms with E-state index in [1.165, 1.54) is 17.7 Å². The van der Waals surface area contributed by atoms with Crippen molar-refractivity contribution in [3.05, 3.63) is 107 Å². The second-order valence-corrected chi connectivity index (χ2v) is 8.40. The lowest BCUT2D eigenvalue weighted by Gasteiger charge is -2.08. The summed E-state index contributed by atoms with van der Waals surface area (Å²) in [5.74, 6) is -2.21. The molecule has 1 aromatic heterocycles. The lowest BCUT2D eigenvalue weighted by molar-refractivity contribution is -0.137. The fourth-order valence-corrected chi connectivity index (χ4v) is 3.27. The maximum Gasteiger partial charge on any atom is 0.330 e. The molecule has 2 aromatic carbocycles. The molecule has 0 aliphatic carbocycles. The highest BCUT2D eigenvalue weighted by molar-refractivity contribution is 5.96. The Morgan fingerprint density at radius 3 is 2.23 bits per heavy atom. The Labute approximate surface area is 228 Å². The van der Waals surface area contributed by atoms with Crippen LogP contribution in [0.25, 0.3) is 11.3 Å². The van der Waals surface area contributed by atoms with Gasteiger partial charge in [0.1, 0.15) is 5.69 Å². The average molecular weight is 531 g/mol. The molecule has 0 unspecified atom stereocenters. The number of esters is 1. The summed E-state index contributed by atoms with van der Waals surface area (Å²) in [4.78, 5) is 50.2. The first kappa shape index (κ1) is 30.3. The molecule has 0 spiro atoms. The highest BCUT2D eigenvalue weighted by Gasteiger charge is 2.12. The molecule has 0 saturated carbocycles. The van der Waals surface area contributed by atoms with E-state index in [2.05, 4.69) is 34.7 Å². The van der Waals surface area contributed by atoms with Crippen molar-refractivity contribution in [2.24, 2.45) is 5.73 Å². The Kier molecular flexibility index (Phi) is 12.5. The normalized spacial score (nSPS) is 10.8. The predicted molar refractivity (Wildman–Crippen MR) is 150 cm³/mol. The number of carbonyl (C=O) groups is 4. The molecule has 9 nitrogen and oxygen atoms in total. The van der Waals surface area contributed by atoms with Crippen molar-refractivity contribution in [3.63, 3.8) is 0 Å². The van der Waals surface area contributed by atoms with Crippen molar-refractivity contribution in [1.82, 2.24) is 15.6 Å². The maximum atomic E-state index is 12.4. The minimum atomic E-state index is -0.606. The Bertz CT molecular complexity index is 1330. The number of hydrogen-bond acceptors (Lipinski definition) is 5. The highest BCUT2D eigenvalue weighted by Crippen LogP contribution is 2.22. The van der Waals surface area contributed by atoms with E-state index < -0.39 is 23.7 Å². The van der Waals surface area contributed by atoms with E-state index in [0.717, 1.165) is 22.9 Å². The van der Waals surface area contributed by atoms with E-state index in [9.17, 15) is 19.2 Å². The minimum absolute atomic E-state index is 0.140. The first-order valence-corrected chi connectivity index (χ1v) is 12.4. The van der Waals surface area contributed by atoms with Gasteiger partial charge < -0.3 is 26.1 Å². The largest absolute Gasteiger partial charge is 0.463 e. The summed E-state index contributed by atoms with van der Waals surface area (Å²) in [6, 6.07) is 21.4. The van der Waals surface area contributed by atoms with Gasteiger partial charge in [0.25, 0.3) is 5.91 Å². The van der Waals surface area contributed by atoms with Crippen LogP contribution >= 0.6 is 0 Å². The van der Waals surface area contributed by atoms with Crippen molar-refractivity contribution in [2.45, 2.75) is 27.2 Å². The van der Waals surface area contributed by atoms with Crippen LogP contribution in [0.4, 0.5) is 0 Å². The third-order valence-electron chi connectivity index (χ3n) is 5.21. The molecule has 0 saturated heterocycles. The van der Waals surface area contributed by atoms with E-state index in [1.54, 1.807) is 19.1 Å². The van der Waals surface area contributed by atoms with Gasteiger partial charge in [-0.1, -0.05) is 66.2 Å². The molecule has 39 heavy (non-hydrogen) atoms. The monoisotopic (exact) mass is 530 g/mol. The van der Waals surface area contributed by atoms with Crippen LogP contribution < -0.4 is 16.4 Å². The number of benzene rings is 2. The van der Waals surface area contributed by atoms with Gasteiger partial charge in [-0.05, 0) is 44.5 Å². The first-order valence-electron chi connectivity index (χ1n) is 12.4. The van der Waals surface area contributed by atoms with Crippen LogP contribution in [0.15, 0.2) is 90.7 Å². The smallest absolute Gasteiger partial charge is 0.330 e. The molecular weight excluding hydrogens is 496 g/mol. The van der Waals surface area contributed by atoms with Gasteiger partial charge in [0.2, 0.25) is 11.8 Å². The number of rotatable bonds is 10. The first-order chi connectivity index (χ1) is 18.7. The SMILES string of the molecule is CCOC(=O)/C=C/C(=C\CC(N)=O)NC(=O)CNC(=O)c1ccc(-c2ccccc2C)[nH]1.Cc1ccccc1. The van der Waals surface area contributed by atoms with Crippen molar-refractivity contribution in [1.29, 1.82) is 0 Å². The zero-order chi connectivity index (χ0) is 28.6. The van der Waals surface area contributed by atoms with Crippen molar-refractivity contribution in [3.8, 4) is 11.3 Å². The summed E-state index contributed by atoms with van der Waals surface area (Å²) in [7, 11) is 0. The third kappa shape index (κ3) is 11.3. The number of aromatic nitrogens is 1. The predicted octanol–water partition coefficient (Wildman–Crippen LogP) is 3.71. The van der Waals surface area contributed by atoms with Gasteiger partial charge in [0.05, 0.1) is 13.2 Å². The lowest BCUT2D eigenvalue weighted by atomic mass is 10.1. The van der Waals surface area contributed by atoms with E-state index in [1.807, 2.05) is 49.4 Å². The Hall–Kier alpha value is -4.92. The quantitative estimate of drug-likeness (QED) is 0.179. The summed E-state index contributed by atoms with van der Waals surface area (Å²) in [5.41, 5.74) is 9.75. The maximum absolute atomic E-state index is 12.4. The molecule has 9 heteroatoms. The van der Waals surface area contributed by atoms with Crippen LogP contribution in [0.3, 0.4) is 0 Å². The lowest BCUT2D eigenvalue weighted by Crippen LogP contribution is -2.36. The van der Waals surface area contributed by atoms with E-state index in [0.29, 0.717) is 5.69 Å². The second kappa shape index (κ2) is 16.0. The van der Waals surface area contributed by atoms with Crippen LogP contribution in [0.1, 0.15) is 35.0 Å². The highest BCUT2D eigenvalue weighted by atomic mass is 16.5. The summed E-state index contributed by atoms with van der Waals surface area (Å²) < 4.78 is 4.77. The number of amides is 3. The molecule has 3 amide bonds. The summed E-state index contributed by atoms with van der Waals surface area (Å²) >= 11 is 0. The summed E-state index contributed by atoms with van der Waals surface area (Å²) in [6.45, 7) is 5.60. The molecule has 1 heterocycles. The molecule has 0 radical (unpaired) electrons. The van der Waals surface area contributed by atoms with Crippen LogP contribution in [0, 0.1) is 13.8 Å². The number of allylic oxidation sites excluding steroid dienone is 1. The number of H-pyrrole nitrogens is 1. The Morgan fingerprint density at radius 1 is 0.923 bits per heavy atom. The van der Waals surface area contributed by atoms with Gasteiger partial charge in [-0.15, -0.1) is 0 Å². The number of carbonyl (C=O) groups excluding carboxylic acids is 4. The molecule has 0 fully saturated rings. The number of hydrogen-bond donors (Lipinski definition) is 4. The third-order valence-corrected chi connectivity index (χ3v) is 5.21. The molecule has 5 N–H and O–H groups in total. The molecule has 0 aliphatic rings. The number of aryl methyl sites for hydroxylation is 2. The second-order valence-electron chi connectivity index (χ2n) is 8.40. The van der Waals surface area contributed by atoms with Gasteiger partial charge in [-0.3, -0.25) is 14.4 Å². The van der Waals surface area contributed by atoms with Gasteiger partial charge in [0, 0.05) is 29.5 Å². The molecule has 3 rings (SSSR count).